The van der Waals surface area contributed by atoms with E-state index in [-0.39, 0.29) is 0 Å². The van der Waals surface area contributed by atoms with Crippen LogP contribution in [0.3, 0.4) is 0 Å². The van der Waals surface area contributed by atoms with Gasteiger partial charge in [0.1, 0.15) is 0 Å². The maximum atomic E-state index is 10.9. The number of nitrogen functional groups attached to an aromatic ring is 1. The molecule has 0 radical (unpaired) electrons. The molecule has 15 heavy (non-hydrogen) atoms. The van der Waals surface area contributed by atoms with E-state index < -0.39 is 5.97 Å². The molecule has 2 N–H and O–H groups in total. The monoisotopic (exact) mass is 223 g/mol. The molecule has 0 aliphatic rings. The quantitative estimate of drug-likeness (QED) is 0.449. The normalized spacial score (nSPS) is 8.93. The van der Waals surface area contributed by atoms with Gasteiger partial charge in [0.25, 0.3) is 0 Å². The second-order valence-corrected chi connectivity index (χ2v) is 3.11. The van der Waals surface area contributed by atoms with Crippen molar-refractivity contribution in [1.29, 1.82) is 0 Å². The number of nitrogens with two attached hydrogens (primary N) is 1. The van der Waals surface area contributed by atoms with E-state index in [0.29, 0.717) is 22.9 Å². The van der Waals surface area contributed by atoms with Crippen molar-refractivity contribution in [2.45, 2.75) is 6.92 Å². The summed E-state index contributed by atoms with van der Waals surface area (Å²) in [5.41, 5.74) is 6.64. The van der Waals surface area contributed by atoms with Crippen LogP contribution in [0, 0.1) is 11.8 Å². The average molecular weight is 224 g/mol. The lowest BCUT2D eigenvalue weighted by molar-refractivity contribution is -0.136. The fraction of sp³-hybridized carbons (Fsp3) is 0.182. The van der Waals surface area contributed by atoms with Gasteiger partial charge in [-0.05, 0) is 25.1 Å². The third-order valence-electron chi connectivity index (χ3n) is 1.58. The Balaban J connectivity index is 2.80. The van der Waals surface area contributed by atoms with Crippen LogP contribution in [-0.2, 0) is 9.53 Å². The number of benzene rings is 1. The van der Waals surface area contributed by atoms with Crippen molar-refractivity contribution in [3.05, 3.63) is 28.8 Å². The van der Waals surface area contributed by atoms with Crippen LogP contribution >= 0.6 is 11.6 Å². The second kappa shape index (κ2) is 5.28. The number of carbonyl (C=O) groups is 1. The molecule has 0 aliphatic heterocycles. The number of hydrogen-bond acceptors (Lipinski definition) is 3. The minimum atomic E-state index is -0.550. The van der Waals surface area contributed by atoms with Crippen LogP contribution in [0.4, 0.5) is 5.69 Å². The molecule has 1 rings (SSSR count). The molecule has 0 bridgehead atoms. The van der Waals surface area contributed by atoms with Gasteiger partial charge in [0.05, 0.1) is 17.3 Å². The lowest BCUT2D eigenvalue weighted by Crippen LogP contribution is -1.99. The number of ether oxygens (including phenoxy) is 1. The van der Waals surface area contributed by atoms with Crippen LogP contribution < -0.4 is 5.73 Å². The molecular weight excluding hydrogens is 214 g/mol. The first-order valence-corrected chi connectivity index (χ1v) is 4.75. The van der Waals surface area contributed by atoms with Crippen molar-refractivity contribution < 1.29 is 9.53 Å². The first-order chi connectivity index (χ1) is 7.13. The minimum Gasteiger partial charge on any atom is -0.456 e. The van der Waals surface area contributed by atoms with Gasteiger partial charge in [0.2, 0.25) is 0 Å². The molecule has 1 aromatic carbocycles. The highest BCUT2D eigenvalue weighted by Crippen LogP contribution is 2.18. The van der Waals surface area contributed by atoms with Crippen LogP contribution in [0.5, 0.6) is 0 Å². The summed E-state index contributed by atoms with van der Waals surface area (Å²) >= 11 is 5.73. The van der Waals surface area contributed by atoms with Gasteiger partial charge in [-0.1, -0.05) is 17.5 Å². The summed E-state index contributed by atoms with van der Waals surface area (Å²) in [5.74, 6) is 4.42. The fourth-order valence-electron chi connectivity index (χ4n) is 0.912. The topological polar surface area (TPSA) is 52.3 Å². The predicted octanol–water partition coefficient (Wildman–Crippen LogP) is 1.84. The van der Waals surface area contributed by atoms with Crippen LogP contribution in [0.1, 0.15) is 12.5 Å². The van der Waals surface area contributed by atoms with Crippen molar-refractivity contribution in [2.75, 3.05) is 12.3 Å². The molecule has 0 spiro atoms. The van der Waals surface area contributed by atoms with Gasteiger partial charge in [-0.15, -0.1) is 0 Å². The van der Waals surface area contributed by atoms with Gasteiger partial charge in [0, 0.05) is 11.5 Å². The highest BCUT2D eigenvalue weighted by atomic mass is 35.5. The molecule has 4 heteroatoms. The Bertz CT molecular complexity index is 432. The molecule has 0 unspecified atom stereocenters. The van der Waals surface area contributed by atoms with E-state index in [0.717, 1.165) is 0 Å². The summed E-state index contributed by atoms with van der Waals surface area (Å²) in [5, 5.41) is 0.469. The molecule has 0 saturated carbocycles. The fourth-order valence-corrected chi connectivity index (χ4v) is 1.03. The number of carbonyl (C=O) groups excluding carboxylic acids is 1. The van der Waals surface area contributed by atoms with Gasteiger partial charge in [-0.3, -0.25) is 0 Å². The largest absolute Gasteiger partial charge is 0.456 e. The second-order valence-electron chi connectivity index (χ2n) is 2.71. The molecule has 1 aromatic rings. The molecule has 0 fully saturated rings. The van der Waals surface area contributed by atoms with Crippen LogP contribution in [-0.4, -0.2) is 12.6 Å². The Labute approximate surface area is 93.2 Å². The Morgan fingerprint density at radius 2 is 2.33 bits per heavy atom. The van der Waals surface area contributed by atoms with Gasteiger partial charge in [-0.25, -0.2) is 4.79 Å². The standard InChI is InChI=1S/C11H10ClNO2/c1-2-15-11(14)6-4-8-3-5-9(12)10(13)7-8/h3,5,7H,2,13H2,1H3. The Hall–Kier alpha value is -1.66. The number of hydrogen-bond donors (Lipinski definition) is 1. The summed E-state index contributed by atoms with van der Waals surface area (Å²) in [6.07, 6.45) is 0. The number of rotatable bonds is 1. The van der Waals surface area contributed by atoms with Crippen molar-refractivity contribution in [2.24, 2.45) is 0 Å². The molecule has 78 valence electrons. The predicted molar refractivity (Wildman–Crippen MR) is 59.4 cm³/mol. The van der Waals surface area contributed by atoms with E-state index in [2.05, 4.69) is 16.6 Å². The first kappa shape index (κ1) is 11.4. The Kier molecular flexibility index (Phi) is 4.02. The van der Waals surface area contributed by atoms with E-state index in [9.17, 15) is 4.79 Å². The van der Waals surface area contributed by atoms with E-state index >= 15 is 0 Å². The zero-order chi connectivity index (χ0) is 11.3. The first-order valence-electron chi connectivity index (χ1n) is 4.37. The number of esters is 1. The maximum Gasteiger partial charge on any atom is 0.384 e. The van der Waals surface area contributed by atoms with Crippen molar-refractivity contribution in [3.8, 4) is 11.8 Å². The molecule has 0 atom stereocenters. The minimum absolute atomic E-state index is 0.316. The van der Waals surface area contributed by atoms with Gasteiger partial charge in [0.15, 0.2) is 0 Å². The Morgan fingerprint density at radius 1 is 1.60 bits per heavy atom. The molecular formula is C11H10ClNO2. The van der Waals surface area contributed by atoms with E-state index in [1.54, 1.807) is 25.1 Å². The van der Waals surface area contributed by atoms with Crippen LogP contribution in [0.2, 0.25) is 5.02 Å². The number of anilines is 1. The summed E-state index contributed by atoms with van der Waals surface area (Å²) in [7, 11) is 0. The lowest BCUT2D eigenvalue weighted by Gasteiger charge is -1.97. The summed E-state index contributed by atoms with van der Waals surface area (Å²) < 4.78 is 4.65. The third kappa shape index (κ3) is 3.53. The van der Waals surface area contributed by atoms with Crippen molar-refractivity contribution >= 4 is 23.3 Å². The average Bonchev–Trinajstić information content (AvgIpc) is 2.20. The zero-order valence-corrected chi connectivity index (χ0v) is 8.97. The highest BCUT2D eigenvalue weighted by molar-refractivity contribution is 6.33. The third-order valence-corrected chi connectivity index (χ3v) is 1.92. The molecule has 0 aliphatic carbocycles. The van der Waals surface area contributed by atoms with Gasteiger partial charge < -0.3 is 10.5 Å². The number of halogens is 1. The van der Waals surface area contributed by atoms with Crippen molar-refractivity contribution in [1.82, 2.24) is 0 Å². The molecule has 0 heterocycles. The van der Waals surface area contributed by atoms with Crippen LogP contribution in [0.25, 0.3) is 0 Å². The molecule has 0 aromatic heterocycles. The molecule has 3 nitrogen and oxygen atoms in total. The maximum absolute atomic E-state index is 10.9. The van der Waals surface area contributed by atoms with E-state index in [1.807, 2.05) is 0 Å². The molecule has 0 saturated heterocycles. The van der Waals surface area contributed by atoms with E-state index in [4.69, 9.17) is 17.3 Å². The van der Waals surface area contributed by atoms with Crippen molar-refractivity contribution in [3.63, 3.8) is 0 Å². The van der Waals surface area contributed by atoms with Gasteiger partial charge in [-0.2, -0.15) is 0 Å². The zero-order valence-electron chi connectivity index (χ0n) is 8.21. The molecule has 0 amide bonds. The smallest absolute Gasteiger partial charge is 0.384 e. The van der Waals surface area contributed by atoms with E-state index in [1.165, 1.54) is 0 Å². The summed E-state index contributed by atoms with van der Waals surface area (Å²) in [4.78, 5) is 10.9. The lowest BCUT2D eigenvalue weighted by atomic mass is 10.2. The van der Waals surface area contributed by atoms with Crippen LogP contribution in [0.15, 0.2) is 18.2 Å². The highest BCUT2D eigenvalue weighted by Gasteiger charge is 1.96. The SMILES string of the molecule is CCOC(=O)C#Cc1ccc(Cl)c(N)c1. The summed E-state index contributed by atoms with van der Waals surface area (Å²) in [6.45, 7) is 2.04. The van der Waals surface area contributed by atoms with Gasteiger partial charge >= 0.3 is 5.97 Å². The Morgan fingerprint density at radius 3 is 2.93 bits per heavy atom. The summed E-state index contributed by atoms with van der Waals surface area (Å²) in [6, 6.07) is 4.92.